The van der Waals surface area contributed by atoms with Crippen molar-refractivity contribution in [1.82, 2.24) is 0 Å². The highest BCUT2D eigenvalue weighted by molar-refractivity contribution is 7.81. The summed E-state index contributed by atoms with van der Waals surface area (Å²) in [6.07, 6.45) is 2.69. The highest BCUT2D eigenvalue weighted by atomic mass is 32.1. The van der Waals surface area contributed by atoms with Crippen LogP contribution in [0.25, 0.3) is 0 Å². The number of aliphatic hydroxyl groups is 2. The lowest BCUT2D eigenvalue weighted by Gasteiger charge is -2.42. The zero-order chi connectivity index (χ0) is 8.54. The van der Waals surface area contributed by atoms with Gasteiger partial charge in [0.05, 0.1) is 0 Å². The molecule has 1 fully saturated rings. The molecule has 2 atom stereocenters. The van der Waals surface area contributed by atoms with E-state index < -0.39 is 19.9 Å². The molecule has 0 aromatic carbocycles. The Labute approximate surface area is 73.8 Å². The fraction of sp³-hybridized carbons (Fsp3) is 1.00. The Morgan fingerprint density at radius 2 is 1.73 bits per heavy atom. The molecule has 1 rings (SSSR count). The zero-order valence-corrected chi connectivity index (χ0v) is 8.63. The van der Waals surface area contributed by atoms with Crippen LogP contribution in [0.3, 0.4) is 0 Å². The van der Waals surface area contributed by atoms with Crippen LogP contribution in [0.15, 0.2) is 0 Å². The van der Waals surface area contributed by atoms with Gasteiger partial charge in [-0.25, -0.2) is 0 Å². The molecule has 0 heterocycles. The second kappa shape index (κ2) is 3.06. The molecule has 1 aliphatic carbocycles. The molecule has 0 aliphatic heterocycles. The first kappa shape index (κ1) is 9.53. The maximum atomic E-state index is 9.69. The van der Waals surface area contributed by atoms with Gasteiger partial charge in [-0.3, -0.25) is 0 Å². The normalized spacial score (nSPS) is 46.9. The van der Waals surface area contributed by atoms with Crippen molar-refractivity contribution in [3.8, 4) is 0 Å². The van der Waals surface area contributed by atoms with Gasteiger partial charge in [-0.05, 0) is 19.3 Å². The van der Waals surface area contributed by atoms with E-state index in [2.05, 4.69) is 12.6 Å². The van der Waals surface area contributed by atoms with Crippen molar-refractivity contribution in [1.29, 1.82) is 0 Å². The molecule has 5 heteroatoms. The summed E-state index contributed by atoms with van der Waals surface area (Å²) in [5, 5.41) is 18.0. The van der Waals surface area contributed by atoms with E-state index in [1.165, 1.54) is 0 Å². The molecule has 11 heavy (non-hydrogen) atoms. The largest absolute Gasteiger partial charge is 0.435 e. The monoisotopic (exact) mass is 194 g/mol. The van der Waals surface area contributed by atoms with E-state index in [1.807, 2.05) is 0 Å². The summed E-state index contributed by atoms with van der Waals surface area (Å²) in [5.41, 5.74) is 0. The average molecular weight is 194 g/mol. The van der Waals surface area contributed by atoms with Crippen LogP contribution in [0.1, 0.15) is 25.7 Å². The molecule has 0 amide bonds. The van der Waals surface area contributed by atoms with Crippen LogP contribution in [0.2, 0.25) is 0 Å². The summed E-state index contributed by atoms with van der Waals surface area (Å²) < 4.78 is 0. The Kier molecular flexibility index (Phi) is 2.65. The molecule has 3 nitrogen and oxygen atoms in total. The van der Waals surface area contributed by atoms with Gasteiger partial charge in [-0.15, -0.1) is 12.6 Å². The molecule has 66 valence electrons. The van der Waals surface area contributed by atoms with Crippen LogP contribution >= 0.6 is 12.6 Å². The molecule has 0 saturated heterocycles. The smallest absolute Gasteiger partial charge is 0.194 e. The third kappa shape index (κ3) is 1.62. The Balaban J connectivity index is 2.74. The lowest BCUT2D eigenvalue weighted by atomic mass is 9.93. The summed E-state index contributed by atoms with van der Waals surface area (Å²) in [5.74, 6) is 0. The predicted molar refractivity (Wildman–Crippen MR) is 48.1 cm³/mol. The highest BCUT2D eigenvalue weighted by Gasteiger charge is 2.48. The van der Waals surface area contributed by atoms with Gasteiger partial charge >= 0.3 is 0 Å². The van der Waals surface area contributed by atoms with Crippen molar-refractivity contribution in [2.75, 3.05) is 0 Å². The quantitative estimate of drug-likeness (QED) is 0.245. The van der Waals surface area contributed by atoms with Crippen molar-refractivity contribution in [2.45, 2.75) is 35.8 Å². The van der Waals surface area contributed by atoms with Gasteiger partial charge < -0.3 is 15.0 Å². The lowest BCUT2D eigenvalue weighted by Crippen LogP contribution is -2.56. The van der Waals surface area contributed by atoms with Gasteiger partial charge in [0.2, 0.25) is 0 Å². The topological polar surface area (TPSA) is 60.7 Å². The van der Waals surface area contributed by atoms with Crippen molar-refractivity contribution in [3.63, 3.8) is 0 Å². The van der Waals surface area contributed by atoms with Crippen molar-refractivity contribution < 1.29 is 15.0 Å². The summed E-state index contributed by atoms with van der Waals surface area (Å²) >= 11 is 3.96. The molecular formula is C6H14O3SSi. The molecule has 1 saturated carbocycles. The third-order valence-electron chi connectivity index (χ3n) is 2.37. The van der Waals surface area contributed by atoms with Crippen LogP contribution in [0, 0.1) is 0 Å². The summed E-state index contributed by atoms with van der Waals surface area (Å²) in [7, 11) is -1.60. The first-order valence-electron chi connectivity index (χ1n) is 3.80. The third-order valence-corrected chi connectivity index (χ3v) is 4.77. The second-order valence-corrected chi connectivity index (χ2v) is 5.44. The Morgan fingerprint density at radius 3 is 2.09 bits per heavy atom. The molecule has 0 spiro atoms. The maximum absolute atomic E-state index is 9.69. The fourth-order valence-electron chi connectivity index (χ4n) is 1.43. The first-order chi connectivity index (χ1) is 5.02. The minimum absolute atomic E-state index is 0.472. The van der Waals surface area contributed by atoms with E-state index in [1.54, 1.807) is 0 Å². The summed E-state index contributed by atoms with van der Waals surface area (Å²) in [4.78, 5) is 7.61. The van der Waals surface area contributed by atoms with Gasteiger partial charge in [-0.1, -0.05) is 6.42 Å². The van der Waals surface area contributed by atoms with Crippen LogP contribution in [0.5, 0.6) is 0 Å². The molecular weight excluding hydrogens is 180 g/mol. The van der Waals surface area contributed by atoms with Crippen molar-refractivity contribution in [2.24, 2.45) is 0 Å². The number of hydrogen-bond donors (Lipinski definition) is 4. The van der Waals surface area contributed by atoms with E-state index >= 15 is 0 Å². The van der Waals surface area contributed by atoms with Crippen LogP contribution in [0.4, 0.5) is 0 Å². The molecule has 1 aliphatic rings. The minimum atomic E-state index is -1.60. The summed E-state index contributed by atoms with van der Waals surface area (Å²) in [6.45, 7) is 0. The lowest BCUT2D eigenvalue weighted by molar-refractivity contribution is -0.0715. The van der Waals surface area contributed by atoms with Gasteiger partial charge in [-0.2, -0.15) is 0 Å². The average Bonchev–Trinajstić information content (AvgIpc) is 1.95. The SMILES string of the molecule is O[SiH2]C1(O)CCCCC1(O)S. The van der Waals surface area contributed by atoms with E-state index in [0.717, 1.165) is 12.8 Å². The maximum Gasteiger partial charge on any atom is 0.194 e. The van der Waals surface area contributed by atoms with E-state index in [4.69, 9.17) is 4.80 Å². The predicted octanol–water partition coefficient (Wildman–Crippen LogP) is -1.06. The minimum Gasteiger partial charge on any atom is -0.435 e. The van der Waals surface area contributed by atoms with Crippen LogP contribution in [-0.4, -0.2) is 34.9 Å². The second-order valence-electron chi connectivity index (χ2n) is 3.21. The van der Waals surface area contributed by atoms with Gasteiger partial charge in [0, 0.05) is 0 Å². The Hall–Kier alpha value is 0.447. The Morgan fingerprint density at radius 1 is 1.18 bits per heavy atom. The first-order valence-corrected chi connectivity index (χ1v) is 5.58. The molecule has 0 radical (unpaired) electrons. The molecule has 0 aromatic heterocycles. The van der Waals surface area contributed by atoms with Gasteiger partial charge in [0.15, 0.2) is 9.76 Å². The number of hydrogen-bond acceptors (Lipinski definition) is 4. The standard InChI is InChI=1S/C6H14O3SSi/c7-5(10)3-1-2-4-6(5,8)11-9/h7-10H,1-4,11H2. The number of thiol groups is 1. The zero-order valence-electron chi connectivity index (χ0n) is 6.32. The molecule has 3 N–H and O–H groups in total. The van der Waals surface area contributed by atoms with Crippen molar-refractivity contribution in [3.05, 3.63) is 0 Å². The van der Waals surface area contributed by atoms with Crippen molar-refractivity contribution >= 4 is 22.4 Å². The Bertz CT molecular complexity index is 153. The fourth-order valence-corrected chi connectivity index (χ4v) is 2.75. The molecule has 2 unspecified atom stereocenters. The van der Waals surface area contributed by atoms with E-state index in [-0.39, 0.29) is 0 Å². The van der Waals surface area contributed by atoms with Crippen LogP contribution in [-0.2, 0) is 0 Å². The van der Waals surface area contributed by atoms with E-state index in [0.29, 0.717) is 12.8 Å². The van der Waals surface area contributed by atoms with Gasteiger partial charge in [0.1, 0.15) is 10.2 Å². The van der Waals surface area contributed by atoms with E-state index in [9.17, 15) is 10.2 Å². The summed E-state index contributed by atoms with van der Waals surface area (Å²) in [6, 6.07) is 0. The molecule has 0 aromatic rings. The van der Waals surface area contributed by atoms with Crippen LogP contribution < -0.4 is 0 Å². The number of rotatable bonds is 1. The highest BCUT2D eigenvalue weighted by Crippen LogP contribution is 2.38. The van der Waals surface area contributed by atoms with Gasteiger partial charge in [0.25, 0.3) is 0 Å². The molecule has 0 bridgehead atoms.